The summed E-state index contributed by atoms with van der Waals surface area (Å²) in [7, 11) is 0. The highest BCUT2D eigenvalue weighted by Crippen LogP contribution is 2.41. The number of carbonyl (C=O) groups is 1. The molecular formula is C24H26ClN5O2. The van der Waals surface area contributed by atoms with Gasteiger partial charge in [-0.2, -0.15) is 0 Å². The standard InChI is InChI=1S/C24H26ClN5O2/c25-19-7-5-18(6-8-19)24(11-1-2-12-24)22(31)27-14-15-29-23(32)30(20-9-10-20)21(28-29)17-4-3-13-26-16-17/h3-8,13,16,20H,1-2,9-12,14-15H2,(H,27,31). The van der Waals surface area contributed by atoms with Gasteiger partial charge in [0.2, 0.25) is 5.91 Å². The summed E-state index contributed by atoms with van der Waals surface area (Å²) in [5, 5.41) is 8.32. The Morgan fingerprint density at radius 1 is 1.16 bits per heavy atom. The molecule has 0 atom stereocenters. The fourth-order valence-corrected chi connectivity index (χ4v) is 4.88. The van der Waals surface area contributed by atoms with Crippen molar-refractivity contribution in [3.05, 3.63) is 69.9 Å². The van der Waals surface area contributed by atoms with Crippen molar-refractivity contribution >= 4 is 17.5 Å². The van der Waals surface area contributed by atoms with Gasteiger partial charge >= 0.3 is 5.69 Å². The Kier molecular flexibility index (Phi) is 5.59. The average molecular weight is 452 g/mol. The molecule has 1 amide bonds. The van der Waals surface area contributed by atoms with Crippen LogP contribution in [0.25, 0.3) is 11.4 Å². The van der Waals surface area contributed by atoms with Crippen LogP contribution in [0.2, 0.25) is 5.02 Å². The van der Waals surface area contributed by atoms with Gasteiger partial charge in [0.1, 0.15) is 0 Å². The lowest BCUT2D eigenvalue weighted by molar-refractivity contribution is -0.126. The predicted molar refractivity (Wildman–Crippen MR) is 123 cm³/mol. The van der Waals surface area contributed by atoms with Crippen LogP contribution in [0.15, 0.2) is 53.6 Å². The van der Waals surface area contributed by atoms with Crippen LogP contribution in [-0.2, 0) is 16.8 Å². The molecule has 2 saturated carbocycles. The molecule has 2 heterocycles. The molecule has 0 saturated heterocycles. The van der Waals surface area contributed by atoms with E-state index >= 15 is 0 Å². The van der Waals surface area contributed by atoms with E-state index in [1.54, 1.807) is 17.0 Å². The number of hydrogen-bond acceptors (Lipinski definition) is 4. The maximum Gasteiger partial charge on any atom is 0.346 e. The number of halogens is 1. The molecule has 0 aliphatic heterocycles. The smallest absolute Gasteiger partial charge is 0.346 e. The van der Waals surface area contributed by atoms with Crippen molar-refractivity contribution in [2.75, 3.05) is 6.54 Å². The number of benzene rings is 1. The number of aromatic nitrogens is 4. The normalized spacial score (nSPS) is 17.4. The Labute approximate surface area is 191 Å². The Balaban J connectivity index is 1.32. The molecule has 5 rings (SSSR count). The van der Waals surface area contributed by atoms with Crippen molar-refractivity contribution in [1.82, 2.24) is 24.6 Å². The lowest BCUT2D eigenvalue weighted by atomic mass is 9.78. The Morgan fingerprint density at radius 2 is 1.91 bits per heavy atom. The van der Waals surface area contributed by atoms with Crippen LogP contribution in [0.5, 0.6) is 0 Å². The molecular weight excluding hydrogens is 426 g/mol. The molecule has 0 unspecified atom stereocenters. The second kappa shape index (κ2) is 8.54. The minimum absolute atomic E-state index is 0.0134. The van der Waals surface area contributed by atoms with Crippen molar-refractivity contribution in [3.8, 4) is 11.4 Å². The van der Waals surface area contributed by atoms with Crippen LogP contribution >= 0.6 is 11.6 Å². The molecule has 1 N–H and O–H groups in total. The summed E-state index contributed by atoms with van der Waals surface area (Å²) in [4.78, 5) is 30.4. The van der Waals surface area contributed by atoms with Crippen LogP contribution in [-0.4, -0.2) is 31.8 Å². The predicted octanol–water partition coefficient (Wildman–Crippen LogP) is 3.72. The zero-order valence-electron chi connectivity index (χ0n) is 17.8. The van der Waals surface area contributed by atoms with Gasteiger partial charge in [0.05, 0.1) is 12.0 Å². The van der Waals surface area contributed by atoms with E-state index in [2.05, 4.69) is 15.4 Å². The molecule has 0 radical (unpaired) electrons. The van der Waals surface area contributed by atoms with Crippen molar-refractivity contribution in [2.45, 2.75) is 56.5 Å². The first-order valence-electron chi connectivity index (χ1n) is 11.2. The third-order valence-corrected chi connectivity index (χ3v) is 6.85. The number of carbonyl (C=O) groups excluding carboxylic acids is 1. The zero-order valence-corrected chi connectivity index (χ0v) is 18.6. The maximum absolute atomic E-state index is 13.3. The van der Waals surface area contributed by atoms with Gasteiger partial charge < -0.3 is 5.32 Å². The van der Waals surface area contributed by atoms with Gasteiger partial charge in [0.25, 0.3) is 0 Å². The first kappa shape index (κ1) is 20.9. The molecule has 7 nitrogen and oxygen atoms in total. The maximum atomic E-state index is 13.3. The summed E-state index contributed by atoms with van der Waals surface area (Å²) < 4.78 is 3.23. The SMILES string of the molecule is O=C(NCCn1nc(-c2cccnc2)n(C2CC2)c1=O)C1(c2ccc(Cl)cc2)CCCC1. The summed E-state index contributed by atoms with van der Waals surface area (Å²) in [6.07, 6.45) is 9.09. The van der Waals surface area contributed by atoms with Crippen LogP contribution in [0.4, 0.5) is 0 Å². The van der Waals surface area contributed by atoms with E-state index in [1.165, 1.54) is 4.68 Å². The highest BCUT2D eigenvalue weighted by Gasteiger charge is 2.42. The van der Waals surface area contributed by atoms with E-state index < -0.39 is 5.41 Å². The van der Waals surface area contributed by atoms with E-state index in [0.717, 1.165) is 49.7 Å². The number of nitrogens with one attached hydrogen (secondary N) is 1. The van der Waals surface area contributed by atoms with Gasteiger partial charge in [-0.05, 0) is 55.5 Å². The molecule has 166 valence electrons. The summed E-state index contributed by atoms with van der Waals surface area (Å²) in [5.41, 5.74) is 1.18. The third kappa shape index (κ3) is 3.86. The Hall–Kier alpha value is -2.93. The molecule has 2 aromatic heterocycles. The van der Waals surface area contributed by atoms with Gasteiger partial charge in [-0.15, -0.1) is 5.10 Å². The van der Waals surface area contributed by atoms with Gasteiger partial charge in [-0.25, -0.2) is 9.48 Å². The van der Waals surface area contributed by atoms with Gasteiger partial charge in [0.15, 0.2) is 5.82 Å². The van der Waals surface area contributed by atoms with Crippen molar-refractivity contribution < 1.29 is 4.79 Å². The van der Waals surface area contributed by atoms with Gasteiger partial charge in [-0.1, -0.05) is 36.6 Å². The third-order valence-electron chi connectivity index (χ3n) is 6.60. The summed E-state index contributed by atoms with van der Waals surface area (Å²) in [6, 6.07) is 11.5. The minimum Gasteiger partial charge on any atom is -0.353 e. The molecule has 3 aromatic rings. The van der Waals surface area contributed by atoms with Crippen LogP contribution in [0.1, 0.15) is 50.1 Å². The van der Waals surface area contributed by atoms with Crippen LogP contribution in [0.3, 0.4) is 0 Å². The molecule has 0 spiro atoms. The number of nitrogens with zero attached hydrogens (tertiary/aromatic N) is 4. The van der Waals surface area contributed by atoms with E-state index in [9.17, 15) is 9.59 Å². The zero-order chi connectivity index (χ0) is 22.1. The van der Waals surface area contributed by atoms with Gasteiger partial charge in [-0.3, -0.25) is 14.3 Å². The second-order valence-electron chi connectivity index (χ2n) is 8.72. The van der Waals surface area contributed by atoms with Crippen molar-refractivity contribution in [2.24, 2.45) is 0 Å². The van der Waals surface area contributed by atoms with E-state index in [-0.39, 0.29) is 17.6 Å². The highest BCUT2D eigenvalue weighted by molar-refractivity contribution is 6.30. The summed E-state index contributed by atoms with van der Waals surface area (Å²) in [6.45, 7) is 0.677. The first-order valence-corrected chi connectivity index (χ1v) is 11.6. The average Bonchev–Trinajstić information content (AvgIpc) is 3.42. The number of rotatable bonds is 7. The summed E-state index contributed by atoms with van der Waals surface area (Å²) in [5.74, 6) is 0.657. The fourth-order valence-electron chi connectivity index (χ4n) is 4.76. The molecule has 0 bridgehead atoms. The number of hydrogen-bond donors (Lipinski definition) is 1. The number of pyridine rings is 1. The molecule has 1 aromatic carbocycles. The van der Waals surface area contributed by atoms with Crippen molar-refractivity contribution in [3.63, 3.8) is 0 Å². The topological polar surface area (TPSA) is 81.8 Å². The first-order chi connectivity index (χ1) is 15.6. The fraction of sp³-hybridized carbons (Fsp3) is 0.417. The molecule has 2 fully saturated rings. The van der Waals surface area contributed by atoms with E-state index in [1.807, 2.05) is 36.4 Å². The summed E-state index contributed by atoms with van der Waals surface area (Å²) >= 11 is 6.05. The van der Waals surface area contributed by atoms with E-state index in [4.69, 9.17) is 11.6 Å². The Bertz CT molecular complexity index is 1160. The lowest BCUT2D eigenvalue weighted by Crippen LogP contribution is -2.44. The van der Waals surface area contributed by atoms with E-state index in [0.29, 0.717) is 23.9 Å². The van der Waals surface area contributed by atoms with Crippen LogP contribution < -0.4 is 11.0 Å². The second-order valence-corrected chi connectivity index (χ2v) is 9.16. The molecule has 2 aliphatic carbocycles. The monoisotopic (exact) mass is 451 g/mol. The molecule has 32 heavy (non-hydrogen) atoms. The minimum atomic E-state index is -0.524. The van der Waals surface area contributed by atoms with Crippen LogP contribution in [0, 0.1) is 0 Å². The Morgan fingerprint density at radius 3 is 2.56 bits per heavy atom. The van der Waals surface area contributed by atoms with Gasteiger partial charge in [0, 0.05) is 35.6 Å². The largest absolute Gasteiger partial charge is 0.353 e. The number of amides is 1. The highest BCUT2D eigenvalue weighted by atomic mass is 35.5. The lowest BCUT2D eigenvalue weighted by Gasteiger charge is -2.28. The molecule has 8 heteroatoms. The quantitative estimate of drug-likeness (QED) is 0.593. The van der Waals surface area contributed by atoms with Crippen molar-refractivity contribution in [1.29, 1.82) is 0 Å². The molecule has 2 aliphatic rings.